The van der Waals surface area contributed by atoms with Crippen LogP contribution in [0.2, 0.25) is 0 Å². The number of aliphatic hydroxyl groups is 7. The van der Waals surface area contributed by atoms with Gasteiger partial charge in [0, 0.05) is 0 Å². The number of rotatable bonds is 38. The molecule has 1 amide bonds. The molecule has 0 aromatic carbocycles. The van der Waals surface area contributed by atoms with Crippen molar-refractivity contribution in [1.82, 2.24) is 5.32 Å². The van der Waals surface area contributed by atoms with E-state index < -0.39 is 75.2 Å². The first-order chi connectivity index (χ1) is 28.3. The van der Waals surface area contributed by atoms with Crippen LogP contribution in [0.4, 0.5) is 0 Å². The first-order valence-electron chi connectivity index (χ1n) is 23.4. The molecule has 0 aromatic heterocycles. The second kappa shape index (κ2) is 35.3. The molecule has 0 heterocycles. The summed E-state index contributed by atoms with van der Waals surface area (Å²) in [5.41, 5.74) is 0. The van der Waals surface area contributed by atoms with E-state index in [2.05, 4.69) is 31.3 Å². The average molecular weight is 864 g/mol. The Kier molecular flexibility index (Phi) is 33.3. The van der Waals surface area contributed by atoms with E-state index in [0.29, 0.717) is 12.8 Å². The van der Waals surface area contributed by atoms with E-state index in [1.165, 1.54) is 122 Å². The molecule has 1 saturated carbocycles. The van der Waals surface area contributed by atoms with Crippen LogP contribution in [0.15, 0.2) is 24.3 Å². The molecule has 9 N–H and O–H groups in total. The number of phosphoric ester groups is 1. The van der Waals surface area contributed by atoms with Crippen molar-refractivity contribution in [2.45, 2.75) is 249 Å². The fourth-order valence-corrected chi connectivity index (χ4v) is 8.40. The monoisotopic (exact) mass is 864 g/mol. The third-order valence-electron chi connectivity index (χ3n) is 11.3. The Hall–Kier alpha value is -1.22. The summed E-state index contributed by atoms with van der Waals surface area (Å²) in [4.78, 5) is 23.4. The van der Waals surface area contributed by atoms with Crippen molar-refractivity contribution >= 4 is 13.7 Å². The van der Waals surface area contributed by atoms with Crippen molar-refractivity contribution in [3.63, 3.8) is 0 Å². The number of phosphoric acid groups is 1. The second-order valence-electron chi connectivity index (χ2n) is 16.8. The Balaban J connectivity index is 2.47. The molecule has 8 atom stereocenters. The van der Waals surface area contributed by atoms with Crippen molar-refractivity contribution in [3.05, 3.63) is 24.3 Å². The number of amides is 1. The van der Waals surface area contributed by atoms with Gasteiger partial charge >= 0.3 is 7.82 Å². The van der Waals surface area contributed by atoms with Crippen molar-refractivity contribution in [2.24, 2.45) is 0 Å². The minimum Gasteiger partial charge on any atom is -0.393 e. The van der Waals surface area contributed by atoms with Crippen LogP contribution >= 0.6 is 7.82 Å². The highest BCUT2D eigenvalue weighted by Crippen LogP contribution is 2.47. The van der Waals surface area contributed by atoms with Gasteiger partial charge < -0.3 is 46.0 Å². The van der Waals surface area contributed by atoms with Crippen LogP contribution < -0.4 is 5.32 Å². The van der Waals surface area contributed by atoms with Crippen molar-refractivity contribution < 1.29 is 59.0 Å². The summed E-state index contributed by atoms with van der Waals surface area (Å²) < 4.78 is 22.8. The smallest absolute Gasteiger partial charge is 0.393 e. The number of carbonyl (C=O) groups excluding carboxylic acids is 1. The van der Waals surface area contributed by atoms with Crippen LogP contribution in [-0.4, -0.2) is 108 Å². The van der Waals surface area contributed by atoms with Crippen LogP contribution in [0, 0.1) is 0 Å². The third-order valence-corrected chi connectivity index (χ3v) is 12.3. The van der Waals surface area contributed by atoms with E-state index in [0.717, 1.165) is 44.9 Å². The molecular formula is C45H86NO12P. The Labute approximate surface area is 356 Å². The highest BCUT2D eigenvalue weighted by Gasteiger charge is 2.51. The lowest BCUT2D eigenvalue weighted by Crippen LogP contribution is -2.64. The lowest BCUT2D eigenvalue weighted by molar-refractivity contribution is -0.220. The summed E-state index contributed by atoms with van der Waals surface area (Å²) in [5.74, 6) is -0.602. The van der Waals surface area contributed by atoms with Gasteiger partial charge in [0.15, 0.2) is 0 Å². The van der Waals surface area contributed by atoms with E-state index in [1.807, 2.05) is 0 Å². The summed E-state index contributed by atoms with van der Waals surface area (Å²) >= 11 is 0. The molecule has 1 rings (SSSR count). The molecule has 0 bridgehead atoms. The molecule has 14 heteroatoms. The van der Waals surface area contributed by atoms with Crippen LogP contribution in [0.25, 0.3) is 0 Å². The molecule has 13 nitrogen and oxygen atoms in total. The fourth-order valence-electron chi connectivity index (χ4n) is 7.43. The summed E-state index contributed by atoms with van der Waals surface area (Å²) in [6.45, 7) is 3.68. The van der Waals surface area contributed by atoms with Gasteiger partial charge in [-0.05, 0) is 32.1 Å². The first-order valence-corrected chi connectivity index (χ1v) is 24.9. The molecule has 1 aliphatic carbocycles. The molecule has 348 valence electrons. The molecule has 0 radical (unpaired) electrons. The van der Waals surface area contributed by atoms with E-state index in [-0.39, 0.29) is 6.42 Å². The van der Waals surface area contributed by atoms with Crippen LogP contribution in [0.5, 0.6) is 0 Å². The maximum Gasteiger partial charge on any atom is 0.472 e. The lowest BCUT2D eigenvalue weighted by atomic mass is 9.85. The van der Waals surface area contributed by atoms with Gasteiger partial charge in [0.2, 0.25) is 5.91 Å². The van der Waals surface area contributed by atoms with E-state index in [4.69, 9.17) is 9.05 Å². The number of unbranched alkanes of at least 4 members (excludes halogenated alkanes) is 23. The van der Waals surface area contributed by atoms with Gasteiger partial charge in [-0.3, -0.25) is 13.8 Å². The number of carbonyl (C=O) groups is 1. The summed E-state index contributed by atoms with van der Waals surface area (Å²) in [6.07, 6.45) is 24.4. The summed E-state index contributed by atoms with van der Waals surface area (Å²) in [5, 5.41) is 74.3. The van der Waals surface area contributed by atoms with Gasteiger partial charge in [-0.2, -0.15) is 0 Å². The molecule has 0 aliphatic heterocycles. The van der Waals surface area contributed by atoms with Crippen molar-refractivity contribution in [2.75, 3.05) is 6.61 Å². The van der Waals surface area contributed by atoms with E-state index in [9.17, 15) is 50.0 Å². The van der Waals surface area contributed by atoms with Crippen LogP contribution in [0.1, 0.15) is 194 Å². The minimum absolute atomic E-state index is 0.249. The van der Waals surface area contributed by atoms with Gasteiger partial charge in [-0.25, -0.2) is 4.57 Å². The molecule has 8 unspecified atom stereocenters. The Morgan fingerprint density at radius 2 is 1.00 bits per heavy atom. The molecule has 1 aliphatic rings. The molecule has 0 saturated heterocycles. The summed E-state index contributed by atoms with van der Waals surface area (Å²) in [7, 11) is -5.14. The predicted octanol–water partition coefficient (Wildman–Crippen LogP) is 7.59. The van der Waals surface area contributed by atoms with Gasteiger partial charge in [0.05, 0.1) is 31.3 Å². The van der Waals surface area contributed by atoms with Gasteiger partial charge in [-0.1, -0.05) is 179 Å². The fraction of sp³-hybridized carbons (Fsp3) is 0.889. The number of allylic oxidation sites excluding steroid dienone is 3. The van der Waals surface area contributed by atoms with Gasteiger partial charge in [0.1, 0.15) is 36.6 Å². The Morgan fingerprint density at radius 3 is 1.49 bits per heavy atom. The normalized spacial score (nSPS) is 23.8. The quantitative estimate of drug-likeness (QED) is 0.0166. The molecule has 0 aromatic rings. The molecule has 59 heavy (non-hydrogen) atoms. The number of nitrogens with one attached hydrogen (secondary N) is 1. The zero-order valence-corrected chi connectivity index (χ0v) is 37.6. The van der Waals surface area contributed by atoms with E-state index >= 15 is 0 Å². The topological polar surface area (TPSA) is 226 Å². The summed E-state index contributed by atoms with van der Waals surface area (Å²) in [6, 6.07) is -1.25. The van der Waals surface area contributed by atoms with Crippen molar-refractivity contribution in [3.8, 4) is 0 Å². The SMILES string of the molecule is CCCCCC/C=C/CC/C=C/C(O)C(COP(=O)(O)OC1C(O)C(O)C(O)C(O)C1O)NC(=O)CC(O)CCCCCCCCCCCCCCCCCCCCC. The van der Waals surface area contributed by atoms with Gasteiger partial charge in [0.25, 0.3) is 0 Å². The zero-order valence-electron chi connectivity index (χ0n) is 36.7. The lowest BCUT2D eigenvalue weighted by Gasteiger charge is -2.41. The van der Waals surface area contributed by atoms with Gasteiger partial charge in [-0.15, -0.1) is 0 Å². The number of aliphatic hydroxyl groups excluding tert-OH is 7. The van der Waals surface area contributed by atoms with Crippen LogP contribution in [-0.2, 0) is 18.4 Å². The minimum atomic E-state index is -5.14. The third kappa shape index (κ3) is 27.5. The standard InChI is InChI=1S/C45H86NO12P/c1-3-5-7-9-11-13-15-16-17-18-19-20-21-22-23-24-26-28-30-32-36(47)34-39(49)46-37(38(48)33-31-29-27-25-14-12-10-8-6-4-2)35-57-59(55,56)58-45-43(53)41(51)40(50)42(52)44(45)54/h14,25,31,33,36-38,40-45,47-48,50-54H,3-13,15-24,26-30,32,34-35H2,1-2H3,(H,46,49)(H,55,56)/b25-14+,33-31+. The van der Waals surface area contributed by atoms with Crippen molar-refractivity contribution in [1.29, 1.82) is 0 Å². The predicted molar refractivity (Wildman–Crippen MR) is 234 cm³/mol. The Bertz CT molecular complexity index is 1110. The largest absolute Gasteiger partial charge is 0.472 e. The second-order valence-corrected chi connectivity index (χ2v) is 18.2. The Morgan fingerprint density at radius 1 is 0.593 bits per heavy atom. The maximum absolute atomic E-state index is 13.0. The number of hydrogen-bond acceptors (Lipinski definition) is 11. The first kappa shape index (κ1) is 55.8. The van der Waals surface area contributed by atoms with E-state index in [1.54, 1.807) is 6.08 Å². The van der Waals surface area contributed by atoms with Crippen LogP contribution in [0.3, 0.4) is 0 Å². The molecular weight excluding hydrogens is 777 g/mol. The number of hydrogen-bond donors (Lipinski definition) is 9. The molecule has 1 fully saturated rings. The highest BCUT2D eigenvalue weighted by atomic mass is 31.2. The average Bonchev–Trinajstić information content (AvgIpc) is 3.21. The highest BCUT2D eigenvalue weighted by molar-refractivity contribution is 7.47. The molecule has 0 spiro atoms. The zero-order chi connectivity index (χ0) is 43.7. The maximum atomic E-state index is 13.0.